The van der Waals surface area contributed by atoms with E-state index in [1.54, 1.807) is 18.0 Å². The molecule has 0 saturated carbocycles. The first-order chi connectivity index (χ1) is 6.86. The number of nitrogens with zero attached hydrogens (tertiary/aromatic N) is 1. The van der Waals surface area contributed by atoms with E-state index in [4.69, 9.17) is 5.73 Å². The van der Waals surface area contributed by atoms with Gasteiger partial charge in [0.05, 0.1) is 0 Å². The van der Waals surface area contributed by atoms with Crippen LogP contribution in [0.1, 0.15) is 0 Å². The van der Waals surface area contributed by atoms with Crippen LogP contribution in [0.25, 0.3) is 0 Å². The molecule has 0 spiro atoms. The van der Waals surface area contributed by atoms with Gasteiger partial charge in [-0.15, -0.1) is 0 Å². The average Bonchev–Trinajstić information content (AvgIpc) is 2.23. The van der Waals surface area contributed by atoms with Gasteiger partial charge in [0.25, 0.3) is 0 Å². The van der Waals surface area contributed by atoms with E-state index in [0.717, 1.165) is 15.5 Å². The third kappa shape index (κ3) is 2.06. The van der Waals surface area contributed by atoms with Crippen molar-refractivity contribution in [3.63, 3.8) is 0 Å². The van der Waals surface area contributed by atoms with Crippen LogP contribution in [-0.4, -0.2) is 4.98 Å². The number of benzene rings is 1. The lowest BCUT2D eigenvalue weighted by Crippen LogP contribution is -1.86. The summed E-state index contributed by atoms with van der Waals surface area (Å²) in [6.45, 7) is 0. The second-order valence-electron chi connectivity index (χ2n) is 2.83. The summed E-state index contributed by atoms with van der Waals surface area (Å²) in [6.07, 6.45) is 3.59. The summed E-state index contributed by atoms with van der Waals surface area (Å²) in [5.41, 5.74) is 6.63. The van der Waals surface area contributed by atoms with Gasteiger partial charge in [0.1, 0.15) is 0 Å². The molecular weight excluding hydrogens is 192 g/mol. The average molecular weight is 202 g/mol. The number of hydrogen-bond acceptors (Lipinski definition) is 3. The number of para-hydroxylation sites is 1. The first kappa shape index (κ1) is 9.09. The molecule has 0 aliphatic rings. The molecule has 0 aliphatic carbocycles. The molecule has 14 heavy (non-hydrogen) atoms. The Labute approximate surface area is 87.2 Å². The van der Waals surface area contributed by atoms with Crippen molar-refractivity contribution in [2.45, 2.75) is 9.79 Å². The molecule has 70 valence electrons. The maximum atomic E-state index is 5.83. The number of aromatic nitrogens is 1. The van der Waals surface area contributed by atoms with Crippen molar-refractivity contribution in [3.8, 4) is 0 Å². The van der Waals surface area contributed by atoms with Crippen LogP contribution in [0.3, 0.4) is 0 Å². The standard InChI is InChI=1S/C11H10N2S/c12-10-5-1-2-6-11(10)14-9-4-3-7-13-8-9/h1-8H,12H2. The predicted molar refractivity (Wildman–Crippen MR) is 59.2 cm³/mol. The minimum absolute atomic E-state index is 0.807. The van der Waals surface area contributed by atoms with Crippen LogP contribution in [0.2, 0.25) is 0 Å². The molecule has 0 atom stereocenters. The number of pyridine rings is 1. The second kappa shape index (κ2) is 4.15. The number of nitrogen functional groups attached to an aromatic ring is 1. The molecule has 2 N–H and O–H groups in total. The Morgan fingerprint density at radius 1 is 1.07 bits per heavy atom. The summed E-state index contributed by atoms with van der Waals surface area (Å²) in [5.74, 6) is 0. The Hall–Kier alpha value is -1.48. The number of anilines is 1. The van der Waals surface area contributed by atoms with Crippen LogP contribution in [-0.2, 0) is 0 Å². The first-order valence-electron chi connectivity index (χ1n) is 4.28. The van der Waals surface area contributed by atoms with Gasteiger partial charge in [-0.25, -0.2) is 0 Å². The largest absolute Gasteiger partial charge is 0.398 e. The first-order valence-corrected chi connectivity index (χ1v) is 5.10. The van der Waals surface area contributed by atoms with E-state index in [1.165, 1.54) is 0 Å². The molecular formula is C11H10N2S. The second-order valence-corrected chi connectivity index (χ2v) is 3.94. The van der Waals surface area contributed by atoms with Gasteiger partial charge in [0.2, 0.25) is 0 Å². The summed E-state index contributed by atoms with van der Waals surface area (Å²) in [5, 5.41) is 0. The molecule has 0 aliphatic heterocycles. The monoisotopic (exact) mass is 202 g/mol. The minimum atomic E-state index is 0.807. The summed E-state index contributed by atoms with van der Waals surface area (Å²) in [6, 6.07) is 11.8. The Morgan fingerprint density at radius 3 is 2.64 bits per heavy atom. The van der Waals surface area contributed by atoms with Crippen LogP contribution in [0.5, 0.6) is 0 Å². The van der Waals surface area contributed by atoms with E-state index >= 15 is 0 Å². The Kier molecular flexibility index (Phi) is 2.70. The highest BCUT2D eigenvalue weighted by Crippen LogP contribution is 2.30. The summed E-state index contributed by atoms with van der Waals surface area (Å²) in [4.78, 5) is 6.22. The third-order valence-electron chi connectivity index (χ3n) is 1.78. The van der Waals surface area contributed by atoms with E-state index in [1.807, 2.05) is 42.6 Å². The predicted octanol–water partition coefficient (Wildman–Crippen LogP) is 2.82. The molecule has 0 amide bonds. The van der Waals surface area contributed by atoms with Crippen molar-refractivity contribution in [2.24, 2.45) is 0 Å². The van der Waals surface area contributed by atoms with Crippen LogP contribution < -0.4 is 5.73 Å². The lowest BCUT2D eigenvalue weighted by molar-refractivity contribution is 1.23. The number of nitrogens with two attached hydrogens (primary N) is 1. The molecule has 2 rings (SSSR count). The van der Waals surface area contributed by atoms with E-state index in [0.29, 0.717) is 0 Å². The van der Waals surface area contributed by atoms with Crippen LogP contribution in [0, 0.1) is 0 Å². The molecule has 0 fully saturated rings. The lowest BCUT2D eigenvalue weighted by atomic mass is 10.3. The van der Waals surface area contributed by atoms with E-state index < -0.39 is 0 Å². The summed E-state index contributed by atoms with van der Waals surface area (Å²) in [7, 11) is 0. The Morgan fingerprint density at radius 2 is 1.93 bits per heavy atom. The molecule has 0 saturated heterocycles. The van der Waals surface area contributed by atoms with Crippen LogP contribution >= 0.6 is 11.8 Å². The van der Waals surface area contributed by atoms with Crippen LogP contribution in [0.15, 0.2) is 58.6 Å². The molecule has 1 heterocycles. The molecule has 0 bridgehead atoms. The fourth-order valence-electron chi connectivity index (χ4n) is 1.11. The molecule has 3 heteroatoms. The zero-order valence-electron chi connectivity index (χ0n) is 7.55. The molecule has 1 aromatic heterocycles. The van der Waals surface area contributed by atoms with Gasteiger partial charge in [-0.3, -0.25) is 4.98 Å². The van der Waals surface area contributed by atoms with E-state index in [2.05, 4.69) is 4.98 Å². The molecule has 0 radical (unpaired) electrons. The van der Waals surface area contributed by atoms with Gasteiger partial charge in [0, 0.05) is 27.9 Å². The quantitative estimate of drug-likeness (QED) is 0.761. The SMILES string of the molecule is Nc1ccccc1Sc1cccnc1. The Balaban J connectivity index is 2.24. The number of rotatable bonds is 2. The van der Waals surface area contributed by atoms with Crippen molar-refractivity contribution in [2.75, 3.05) is 5.73 Å². The maximum absolute atomic E-state index is 5.83. The fraction of sp³-hybridized carbons (Fsp3) is 0. The zero-order valence-corrected chi connectivity index (χ0v) is 8.37. The third-order valence-corrected chi connectivity index (χ3v) is 2.85. The van der Waals surface area contributed by atoms with Gasteiger partial charge in [0.15, 0.2) is 0 Å². The maximum Gasteiger partial charge on any atom is 0.0455 e. The van der Waals surface area contributed by atoms with Crippen molar-refractivity contribution < 1.29 is 0 Å². The smallest absolute Gasteiger partial charge is 0.0455 e. The van der Waals surface area contributed by atoms with E-state index in [9.17, 15) is 0 Å². The molecule has 1 aromatic carbocycles. The highest BCUT2D eigenvalue weighted by molar-refractivity contribution is 7.99. The molecule has 2 nitrogen and oxygen atoms in total. The van der Waals surface area contributed by atoms with Crippen molar-refractivity contribution in [3.05, 3.63) is 48.8 Å². The topological polar surface area (TPSA) is 38.9 Å². The van der Waals surface area contributed by atoms with Gasteiger partial charge in [-0.05, 0) is 24.3 Å². The van der Waals surface area contributed by atoms with Gasteiger partial charge < -0.3 is 5.73 Å². The van der Waals surface area contributed by atoms with Gasteiger partial charge in [-0.2, -0.15) is 0 Å². The van der Waals surface area contributed by atoms with E-state index in [-0.39, 0.29) is 0 Å². The van der Waals surface area contributed by atoms with Crippen molar-refractivity contribution in [1.82, 2.24) is 4.98 Å². The van der Waals surface area contributed by atoms with Gasteiger partial charge in [-0.1, -0.05) is 23.9 Å². The van der Waals surface area contributed by atoms with Gasteiger partial charge >= 0.3 is 0 Å². The lowest BCUT2D eigenvalue weighted by Gasteiger charge is -2.03. The summed E-state index contributed by atoms with van der Waals surface area (Å²) < 4.78 is 0. The highest BCUT2D eigenvalue weighted by Gasteiger charge is 1.99. The molecule has 2 aromatic rings. The van der Waals surface area contributed by atoms with Crippen LogP contribution in [0.4, 0.5) is 5.69 Å². The summed E-state index contributed by atoms with van der Waals surface area (Å²) >= 11 is 1.63. The van der Waals surface area contributed by atoms with Crippen molar-refractivity contribution >= 4 is 17.4 Å². The normalized spacial score (nSPS) is 10.0. The Bertz CT molecular complexity index is 415. The fourth-order valence-corrected chi connectivity index (χ4v) is 1.95. The van der Waals surface area contributed by atoms with Crippen molar-refractivity contribution in [1.29, 1.82) is 0 Å². The minimum Gasteiger partial charge on any atom is -0.398 e. The number of hydrogen-bond donors (Lipinski definition) is 1. The molecule has 0 unspecified atom stereocenters. The zero-order chi connectivity index (χ0) is 9.80. The highest BCUT2D eigenvalue weighted by atomic mass is 32.2.